The first kappa shape index (κ1) is 104. The van der Waals surface area contributed by atoms with Gasteiger partial charge in [0.15, 0.2) is 10.8 Å². The van der Waals surface area contributed by atoms with Crippen LogP contribution in [-0.4, -0.2) is 34.8 Å². The minimum atomic E-state index is -0.413. The number of aromatic nitrogens is 6. The van der Waals surface area contributed by atoms with Crippen LogP contribution in [0.5, 0.6) is 0 Å². The number of hydrogen-bond donors (Lipinski definition) is 0. The first-order valence-electron chi connectivity index (χ1n) is 30.1. The van der Waals surface area contributed by atoms with Crippen LogP contribution in [0.25, 0.3) is 136 Å². The number of non-ortho nitro benzene ring substituents is 1. The summed E-state index contributed by atoms with van der Waals surface area (Å²) >= 11 is 9.73. The minimum Gasteiger partial charge on any atom is -0.454 e. The number of hydrogen-bond acceptors (Lipinski definition) is 15. The van der Waals surface area contributed by atoms with E-state index in [0.717, 1.165) is 115 Å². The van der Waals surface area contributed by atoms with E-state index in [2.05, 4.69) is 224 Å². The van der Waals surface area contributed by atoms with Crippen molar-refractivity contribution in [2.75, 3.05) is 0 Å². The zero-order chi connectivity index (χ0) is 65.8. The molecule has 0 saturated heterocycles. The van der Waals surface area contributed by atoms with Gasteiger partial charge in [-0.1, -0.05) is 83.9 Å². The Bertz CT molecular complexity index is 5510. The second kappa shape index (κ2) is 51.2. The molecule has 18 rings (SSSR count). The van der Waals surface area contributed by atoms with Gasteiger partial charge in [0.1, 0.15) is 15.6 Å². The zero-order valence-electron chi connectivity index (χ0n) is 62.2. The van der Waals surface area contributed by atoms with Crippen molar-refractivity contribution in [3.63, 3.8) is 0 Å². The Hall–Kier alpha value is 6.06. The molecule has 0 radical (unpaired) electrons. The van der Waals surface area contributed by atoms with E-state index < -0.39 is 4.92 Å². The number of thiazole rings is 6. The van der Waals surface area contributed by atoms with Crippen LogP contribution in [0.3, 0.4) is 0 Å². The Balaban J connectivity index is 0.000000274. The van der Waals surface area contributed by atoms with E-state index in [-0.39, 0.29) is 520 Å². The average Bonchev–Trinajstić information content (AvgIpc) is 1.64. The fourth-order valence-electron chi connectivity index (χ4n) is 10.7. The molecule has 0 spiro atoms. The topological polar surface area (TPSA) is 134 Å². The van der Waals surface area contributed by atoms with E-state index in [1.165, 1.54) is 78.2 Å². The third-order valence-electron chi connectivity index (χ3n) is 15.0. The molecule has 106 heavy (non-hydrogen) atoms. The van der Waals surface area contributed by atoms with Crippen LogP contribution in [0.15, 0.2) is 192 Å². The maximum Gasteiger partial charge on any atom is 1.00 e. The maximum atomic E-state index is 10.6. The largest absolute Gasteiger partial charge is 1.00 e. The zero-order valence-corrected chi connectivity index (χ0v) is 98.3. The van der Waals surface area contributed by atoms with Crippen molar-refractivity contribution >= 4 is 146 Å². The van der Waals surface area contributed by atoms with Crippen LogP contribution < -0.4 is 514 Å². The molecule has 0 atom stereocenters. The Morgan fingerprint density at radius 1 is 0.330 bits per heavy atom. The summed E-state index contributed by atoms with van der Waals surface area (Å²) in [4.78, 5) is 37.7. The van der Waals surface area contributed by atoms with Crippen LogP contribution in [0, 0.1) is 112 Å². The van der Waals surface area contributed by atoms with Crippen molar-refractivity contribution in [3.05, 3.63) is 292 Å². The van der Waals surface area contributed by atoms with E-state index in [4.69, 9.17) is 9.40 Å². The molecule has 0 saturated carbocycles. The summed E-state index contributed by atoms with van der Waals surface area (Å²) in [6, 6.07) is 92.3. The van der Waals surface area contributed by atoms with E-state index in [9.17, 15) is 10.1 Å². The Morgan fingerprint density at radius 3 is 1.13 bits per heavy atom. The van der Waals surface area contributed by atoms with Crippen LogP contribution in [0.2, 0.25) is 0 Å². The van der Waals surface area contributed by atoms with Crippen LogP contribution >= 0.6 is 68.0 Å². The number of nitro benzene ring substituents is 1. The molecule has 10 nitrogen and oxygen atoms in total. The molecule has 0 bridgehead atoms. The van der Waals surface area contributed by atoms with Gasteiger partial charge >= 0.3 is 514 Å². The van der Waals surface area contributed by atoms with E-state index in [0.29, 0.717) is 0 Å². The predicted octanol–water partition coefficient (Wildman–Crippen LogP) is -7.36. The molecule has 0 aliphatic rings. The number of nitro groups is 1. The van der Waals surface area contributed by atoms with Crippen molar-refractivity contribution in [2.24, 2.45) is 0 Å². The third-order valence-corrected chi connectivity index (χ3v) is 21.2. The molecule has 0 aliphatic heterocycles. The third kappa shape index (κ3) is 27.8. The summed E-state index contributed by atoms with van der Waals surface area (Å²) in [6.45, 7) is 12.6. The first-order chi connectivity index (χ1) is 46.8. The monoisotopic (exact) mass is 1740 g/mol. The van der Waals surface area contributed by atoms with Gasteiger partial charge in [-0.05, 0) is 117 Å². The van der Waals surface area contributed by atoms with Crippen molar-refractivity contribution in [2.45, 2.75) is 41.5 Å². The van der Waals surface area contributed by atoms with Gasteiger partial charge in [0, 0.05) is 34.2 Å². The van der Waals surface area contributed by atoms with Crippen LogP contribution in [-0.2, 0) is 0 Å². The summed E-state index contributed by atoms with van der Waals surface area (Å²) in [7, 11) is 0. The van der Waals surface area contributed by atoms with Crippen LogP contribution in [0.1, 0.15) is 33.4 Å². The molecule has 7 aromatic heterocycles. The van der Waals surface area contributed by atoms with Gasteiger partial charge in [0.25, 0.3) is 5.69 Å². The smallest absolute Gasteiger partial charge is 0.454 e. The number of furan rings is 1. The molecule has 0 aliphatic carbocycles. The molecule has 26 heteroatoms. The summed E-state index contributed by atoms with van der Waals surface area (Å²) in [5.41, 5.74) is 19.5. The fraction of sp³-hybridized carbons (Fsp3) is 0.0750. The standard InChI is InChI=1S/C19H11NS.C17H11NOS.C16H10N2S2.C15H11NS.C13H6N2O2S.10K/c1-2-6-14(7-3-1)15-10-12-16(13-11-15)19-20-17-8-4-5-9-18(17)21-19;1-10-7-11(2)12-9-15(19-14(12)8-10)17-18-13-5-3-4-6-16(13)20-17;1-9-7-10(2)14-13(8-9)20-16(18-14)15-17-11-5-3-4-6-12(11)19-15;1-10-7-11(2)9-12(8-10)15-16-13-5-3-4-6-14(13)17-15;16-15(17)10-7-5-9(6-8-10)13-14-11-3-1-2-4-12(11)18-13;;;;;;;;;;/h1-7,10-13H;3-4,7-9H,1-2H3;3-4,7-8H,1-2H3;3-4,7-9H,1-2H3;1-2,5-8H;;;;;;;;;;/q5*-2;10*+1. The summed E-state index contributed by atoms with van der Waals surface area (Å²) in [6.07, 6.45) is 0. The van der Waals surface area contributed by atoms with Gasteiger partial charge in [-0.15, -0.1) is 38.9 Å². The second-order valence-electron chi connectivity index (χ2n) is 22.3. The van der Waals surface area contributed by atoms with Gasteiger partial charge < -0.3 is 29.3 Å². The van der Waals surface area contributed by atoms with E-state index in [1.54, 1.807) is 80.9 Å². The molecular weight excluding hydrogens is 1690 g/mol. The molecular formula is C80H49K10N7O3S6. The van der Waals surface area contributed by atoms with Gasteiger partial charge in [-0.25, -0.2) is 61.7 Å². The van der Waals surface area contributed by atoms with E-state index in [1.807, 2.05) is 54.6 Å². The SMILES string of the molecule is Cc1cc(C)c2cc(-c3nc4[c-]cc[c-]c4s3)oc2c1.Cc1cc(C)c2nc(-c3nc4[c-]cc[c-]c4s3)sc2c1.Cc1cc(C)cc(-c2nc3[c-]cc[c-]c3s2)c1.O=[N+]([O-])c1ccc(-c2nc3[c-]cc[c-]c3s2)cc1.[K+].[K+].[K+].[K+].[K+].[K+].[K+].[K+].[K+].[K+].[c-]1cc[c-]c2sc(-c3ccc(-c4ccccc4)cc3)nc12. The van der Waals surface area contributed by atoms with Crippen LogP contribution in [0.4, 0.5) is 5.69 Å². The average molecular weight is 1740 g/mol. The van der Waals surface area contributed by atoms with Crippen molar-refractivity contribution in [1.82, 2.24) is 29.9 Å². The quantitative estimate of drug-likeness (QED) is 0.0662. The number of benzene rings is 11. The molecule has 0 N–H and O–H groups in total. The molecule has 468 valence electrons. The molecule has 18 aromatic rings. The van der Waals surface area contributed by atoms with Gasteiger partial charge in [0.2, 0.25) is 0 Å². The molecule has 11 aromatic carbocycles. The molecule has 0 fully saturated rings. The number of aryl methyl sites for hydroxylation is 6. The van der Waals surface area contributed by atoms with E-state index >= 15 is 0 Å². The second-order valence-corrected chi connectivity index (χ2v) is 28.3. The van der Waals surface area contributed by atoms with Gasteiger partial charge in [-0.3, -0.25) is 131 Å². The maximum absolute atomic E-state index is 10.6. The molecule has 7 heterocycles. The van der Waals surface area contributed by atoms with Crippen molar-refractivity contribution in [1.29, 1.82) is 0 Å². The molecule has 0 unspecified atom stereocenters. The number of rotatable bonds is 7. The molecule has 0 amide bonds. The Morgan fingerprint density at radius 2 is 0.679 bits per heavy atom. The predicted molar refractivity (Wildman–Crippen MR) is 397 cm³/mol. The fourth-order valence-corrected chi connectivity index (χ4v) is 16.3. The number of fused-ring (bicyclic) bond motifs is 7. The van der Waals surface area contributed by atoms with Crippen molar-refractivity contribution in [3.8, 4) is 63.6 Å². The summed E-state index contributed by atoms with van der Waals surface area (Å²) in [5.74, 6) is 0.816. The summed E-state index contributed by atoms with van der Waals surface area (Å²) < 4.78 is 12.3. The minimum absolute atomic E-state index is 0. The van der Waals surface area contributed by atoms with Gasteiger partial charge in [-0.2, -0.15) is 23.5 Å². The first-order valence-corrected chi connectivity index (χ1v) is 35.0. The number of nitrogens with zero attached hydrogens (tertiary/aromatic N) is 7. The Kier molecular flexibility index (Phi) is 50.5. The van der Waals surface area contributed by atoms with Gasteiger partial charge in [0.05, 0.1) is 30.2 Å². The Labute approximate surface area is 1070 Å². The normalized spacial score (nSPS) is 10.1. The summed E-state index contributed by atoms with van der Waals surface area (Å²) in [5, 5.41) is 17.4. The van der Waals surface area contributed by atoms with Crippen molar-refractivity contribution < 1.29 is 523 Å².